The van der Waals surface area contributed by atoms with Gasteiger partial charge in [0.1, 0.15) is 5.75 Å². The molecule has 152 valence electrons. The Morgan fingerprint density at radius 1 is 0.867 bits per heavy atom. The molecule has 3 aromatic rings. The number of urea groups is 1. The Morgan fingerprint density at radius 2 is 1.63 bits per heavy atom. The highest BCUT2D eigenvalue weighted by molar-refractivity contribution is 6.00. The number of carbonyl (C=O) groups is 2. The molecule has 0 aromatic heterocycles. The van der Waals surface area contributed by atoms with E-state index in [1.54, 1.807) is 19.2 Å². The first-order valence-corrected chi connectivity index (χ1v) is 9.80. The average Bonchev–Trinajstić information content (AvgIpc) is 2.78. The van der Waals surface area contributed by atoms with E-state index in [0.717, 1.165) is 12.0 Å². The highest BCUT2D eigenvalue weighted by Crippen LogP contribution is 2.24. The van der Waals surface area contributed by atoms with Crippen LogP contribution < -0.4 is 15.4 Å². The number of hydrogen-bond acceptors (Lipinski definition) is 3. The number of nitrogens with one attached hydrogen (secondary N) is 2. The zero-order valence-corrected chi connectivity index (χ0v) is 16.7. The standard InChI is InChI=1S/C24H23N3O3/c1-30-22-9-5-8-20(15-22)25-24(29)26-21-11-10-17-12-13-27(16-19(17)14-21)23(28)18-6-3-2-4-7-18/h2-11,14-15H,12-13,16H2,1H3,(H2,25,26,29). The molecule has 0 unspecified atom stereocenters. The van der Waals surface area contributed by atoms with Crippen molar-refractivity contribution in [3.8, 4) is 5.75 Å². The normalized spacial score (nSPS) is 12.6. The molecule has 0 saturated heterocycles. The summed E-state index contributed by atoms with van der Waals surface area (Å²) in [5.41, 5.74) is 4.26. The van der Waals surface area contributed by atoms with Crippen LogP contribution >= 0.6 is 0 Å². The molecule has 4 rings (SSSR count). The molecule has 0 aliphatic carbocycles. The molecule has 6 heteroatoms. The minimum Gasteiger partial charge on any atom is -0.497 e. The topological polar surface area (TPSA) is 70.7 Å². The van der Waals surface area contributed by atoms with E-state index in [4.69, 9.17) is 4.74 Å². The predicted octanol–water partition coefficient (Wildman–Crippen LogP) is 4.54. The molecule has 6 nitrogen and oxygen atoms in total. The van der Waals surface area contributed by atoms with Crippen LogP contribution in [0.15, 0.2) is 72.8 Å². The van der Waals surface area contributed by atoms with Gasteiger partial charge in [0.15, 0.2) is 0 Å². The van der Waals surface area contributed by atoms with Crippen molar-refractivity contribution in [2.75, 3.05) is 24.3 Å². The maximum Gasteiger partial charge on any atom is 0.323 e. The Labute approximate surface area is 175 Å². The molecular formula is C24H23N3O3. The zero-order chi connectivity index (χ0) is 20.9. The molecule has 3 amide bonds. The fourth-order valence-corrected chi connectivity index (χ4v) is 3.57. The number of hydrogen-bond donors (Lipinski definition) is 2. The molecular weight excluding hydrogens is 378 g/mol. The lowest BCUT2D eigenvalue weighted by Crippen LogP contribution is -2.36. The van der Waals surface area contributed by atoms with E-state index in [-0.39, 0.29) is 11.9 Å². The molecule has 3 aromatic carbocycles. The van der Waals surface area contributed by atoms with E-state index in [2.05, 4.69) is 10.6 Å². The first-order chi connectivity index (χ1) is 14.6. The van der Waals surface area contributed by atoms with Crippen molar-refractivity contribution in [2.24, 2.45) is 0 Å². The highest BCUT2D eigenvalue weighted by atomic mass is 16.5. The number of anilines is 2. The van der Waals surface area contributed by atoms with Crippen molar-refractivity contribution in [1.82, 2.24) is 4.90 Å². The van der Waals surface area contributed by atoms with Gasteiger partial charge < -0.3 is 20.3 Å². The third-order valence-electron chi connectivity index (χ3n) is 5.11. The van der Waals surface area contributed by atoms with Crippen LogP contribution in [0.3, 0.4) is 0 Å². The van der Waals surface area contributed by atoms with Gasteiger partial charge in [-0.05, 0) is 53.9 Å². The number of amides is 3. The van der Waals surface area contributed by atoms with E-state index in [0.29, 0.717) is 35.8 Å². The molecule has 2 N–H and O–H groups in total. The van der Waals surface area contributed by atoms with E-state index in [1.165, 1.54) is 5.56 Å². The molecule has 0 spiro atoms. The predicted molar refractivity (Wildman–Crippen MR) is 117 cm³/mol. The van der Waals surface area contributed by atoms with Gasteiger partial charge in [-0.2, -0.15) is 0 Å². The summed E-state index contributed by atoms with van der Waals surface area (Å²) < 4.78 is 5.17. The lowest BCUT2D eigenvalue weighted by atomic mass is 9.98. The van der Waals surface area contributed by atoms with E-state index < -0.39 is 0 Å². The Morgan fingerprint density at radius 3 is 2.40 bits per heavy atom. The number of nitrogens with zero attached hydrogens (tertiary/aromatic N) is 1. The van der Waals surface area contributed by atoms with Gasteiger partial charge >= 0.3 is 6.03 Å². The highest BCUT2D eigenvalue weighted by Gasteiger charge is 2.22. The molecule has 0 radical (unpaired) electrons. The summed E-state index contributed by atoms with van der Waals surface area (Å²) >= 11 is 0. The van der Waals surface area contributed by atoms with Gasteiger partial charge in [0.2, 0.25) is 0 Å². The smallest absolute Gasteiger partial charge is 0.323 e. The Bertz CT molecular complexity index is 1070. The van der Waals surface area contributed by atoms with Gasteiger partial charge in [-0.3, -0.25) is 4.79 Å². The number of methoxy groups -OCH3 is 1. The molecule has 1 aliphatic heterocycles. The Kier molecular flexibility index (Phi) is 5.66. The Balaban J connectivity index is 1.43. The van der Waals surface area contributed by atoms with Crippen LogP contribution in [-0.4, -0.2) is 30.5 Å². The zero-order valence-electron chi connectivity index (χ0n) is 16.7. The van der Waals surface area contributed by atoms with Crippen molar-refractivity contribution < 1.29 is 14.3 Å². The van der Waals surface area contributed by atoms with Crippen LogP contribution in [0.2, 0.25) is 0 Å². The van der Waals surface area contributed by atoms with Crippen molar-refractivity contribution in [3.63, 3.8) is 0 Å². The number of ether oxygens (including phenoxy) is 1. The van der Waals surface area contributed by atoms with Crippen molar-refractivity contribution in [2.45, 2.75) is 13.0 Å². The van der Waals surface area contributed by atoms with Crippen LogP contribution in [0.5, 0.6) is 5.75 Å². The first kappa shape index (κ1) is 19.5. The fraction of sp³-hybridized carbons (Fsp3) is 0.167. The van der Waals surface area contributed by atoms with E-state index in [9.17, 15) is 9.59 Å². The summed E-state index contributed by atoms with van der Waals surface area (Å²) in [5.74, 6) is 0.695. The third-order valence-corrected chi connectivity index (χ3v) is 5.11. The summed E-state index contributed by atoms with van der Waals surface area (Å²) in [5, 5.41) is 5.66. The van der Waals surface area contributed by atoms with Gasteiger partial charge in [-0.25, -0.2) is 4.79 Å². The molecule has 1 heterocycles. The van der Waals surface area contributed by atoms with Crippen LogP contribution in [0.25, 0.3) is 0 Å². The largest absolute Gasteiger partial charge is 0.497 e. The third kappa shape index (κ3) is 4.43. The van der Waals surface area contributed by atoms with Crippen molar-refractivity contribution >= 4 is 23.3 Å². The van der Waals surface area contributed by atoms with Gasteiger partial charge in [-0.1, -0.05) is 30.3 Å². The SMILES string of the molecule is COc1cccc(NC(=O)Nc2ccc3c(c2)CN(C(=O)c2ccccc2)CC3)c1. The quantitative estimate of drug-likeness (QED) is 0.674. The minimum absolute atomic E-state index is 0.0235. The Hall–Kier alpha value is -3.80. The lowest BCUT2D eigenvalue weighted by Gasteiger charge is -2.29. The minimum atomic E-state index is -0.337. The second-order valence-electron chi connectivity index (χ2n) is 7.14. The summed E-state index contributed by atoms with van der Waals surface area (Å²) in [6.07, 6.45) is 0.796. The monoisotopic (exact) mass is 401 g/mol. The molecule has 30 heavy (non-hydrogen) atoms. The average molecular weight is 401 g/mol. The van der Waals surface area contributed by atoms with Crippen LogP contribution in [0.1, 0.15) is 21.5 Å². The summed E-state index contributed by atoms with van der Waals surface area (Å²) in [4.78, 5) is 27.0. The number of benzene rings is 3. The van der Waals surface area contributed by atoms with Gasteiger partial charge in [0.05, 0.1) is 7.11 Å². The fourth-order valence-electron chi connectivity index (χ4n) is 3.57. The number of fused-ring (bicyclic) bond motifs is 1. The summed E-state index contributed by atoms with van der Waals surface area (Å²) in [7, 11) is 1.58. The second kappa shape index (κ2) is 8.69. The molecule has 0 atom stereocenters. The molecule has 0 bridgehead atoms. The number of rotatable bonds is 4. The van der Waals surface area contributed by atoms with Crippen LogP contribution in [-0.2, 0) is 13.0 Å². The maximum atomic E-state index is 12.8. The van der Waals surface area contributed by atoms with Crippen molar-refractivity contribution in [1.29, 1.82) is 0 Å². The first-order valence-electron chi connectivity index (χ1n) is 9.80. The lowest BCUT2D eigenvalue weighted by molar-refractivity contribution is 0.0734. The van der Waals surface area contributed by atoms with E-state index >= 15 is 0 Å². The van der Waals surface area contributed by atoms with Gasteiger partial charge in [0, 0.05) is 36.1 Å². The van der Waals surface area contributed by atoms with Gasteiger partial charge in [-0.15, -0.1) is 0 Å². The maximum absolute atomic E-state index is 12.8. The summed E-state index contributed by atoms with van der Waals surface area (Å²) in [6, 6.07) is 22.0. The van der Waals surface area contributed by atoms with Gasteiger partial charge in [0.25, 0.3) is 5.91 Å². The van der Waals surface area contributed by atoms with Crippen molar-refractivity contribution in [3.05, 3.63) is 89.5 Å². The number of carbonyl (C=O) groups excluding carboxylic acids is 2. The van der Waals surface area contributed by atoms with E-state index in [1.807, 2.05) is 65.6 Å². The molecule has 0 saturated carbocycles. The molecule has 1 aliphatic rings. The van der Waals surface area contributed by atoms with Crippen LogP contribution in [0, 0.1) is 0 Å². The van der Waals surface area contributed by atoms with Crippen LogP contribution in [0.4, 0.5) is 16.2 Å². The summed E-state index contributed by atoms with van der Waals surface area (Å²) in [6.45, 7) is 1.21. The molecule has 0 fully saturated rings. The second-order valence-corrected chi connectivity index (χ2v) is 7.14.